The Hall–Kier alpha value is -2.09. The Morgan fingerprint density at radius 2 is 1.64 bits per heavy atom. The van der Waals surface area contributed by atoms with Gasteiger partial charge in [0, 0.05) is 0 Å². The van der Waals surface area contributed by atoms with Crippen molar-refractivity contribution in [3.05, 3.63) is 65.2 Å². The van der Waals surface area contributed by atoms with Crippen LogP contribution >= 0.6 is 0 Å². The molecule has 2 aromatic carbocycles. The van der Waals surface area contributed by atoms with Gasteiger partial charge < -0.3 is 9.16 Å². The van der Waals surface area contributed by atoms with Gasteiger partial charge in [-0.3, -0.25) is 0 Å². The predicted molar refractivity (Wildman–Crippen MR) is 104 cm³/mol. The maximum absolute atomic E-state index is 9.23. The van der Waals surface area contributed by atoms with Gasteiger partial charge in [0.25, 0.3) is 0 Å². The van der Waals surface area contributed by atoms with Crippen molar-refractivity contribution in [2.45, 2.75) is 45.0 Å². The molecule has 0 aliphatic heterocycles. The lowest BCUT2D eigenvalue weighted by molar-refractivity contribution is 0.221. The smallest absolute Gasteiger partial charge is 0.193 e. The van der Waals surface area contributed by atoms with Gasteiger partial charge in [0.15, 0.2) is 8.32 Å². The highest BCUT2D eigenvalue weighted by molar-refractivity contribution is 6.74. The molecule has 3 nitrogen and oxygen atoms in total. The van der Waals surface area contributed by atoms with Crippen molar-refractivity contribution >= 4 is 8.32 Å². The van der Waals surface area contributed by atoms with Crippen LogP contribution in [0.5, 0.6) is 5.75 Å². The van der Waals surface area contributed by atoms with Crippen LogP contribution in [0.15, 0.2) is 48.5 Å². The molecular weight excluding hydrogens is 326 g/mol. The van der Waals surface area contributed by atoms with E-state index in [0.29, 0.717) is 11.3 Å². The van der Waals surface area contributed by atoms with E-state index in [9.17, 15) is 5.26 Å². The van der Waals surface area contributed by atoms with Crippen LogP contribution in [0.4, 0.5) is 0 Å². The van der Waals surface area contributed by atoms with Crippen molar-refractivity contribution in [3.8, 4) is 11.8 Å². The highest BCUT2D eigenvalue weighted by Gasteiger charge is 2.39. The van der Waals surface area contributed by atoms with E-state index >= 15 is 0 Å². The lowest BCUT2D eigenvalue weighted by Crippen LogP contribution is -2.42. The number of hydrogen-bond donors (Lipinski definition) is 0. The van der Waals surface area contributed by atoms with Crippen LogP contribution in [0.2, 0.25) is 18.1 Å². The third-order valence-corrected chi connectivity index (χ3v) is 9.41. The molecule has 132 valence electrons. The quantitative estimate of drug-likeness (QED) is 0.650. The summed E-state index contributed by atoms with van der Waals surface area (Å²) in [5, 5.41) is 9.34. The van der Waals surface area contributed by atoms with Gasteiger partial charge in [0.2, 0.25) is 0 Å². The topological polar surface area (TPSA) is 42.2 Å². The van der Waals surface area contributed by atoms with Crippen LogP contribution in [0, 0.1) is 11.3 Å². The lowest BCUT2D eigenvalue weighted by atomic mass is 10.00. The fourth-order valence-electron chi connectivity index (χ4n) is 2.39. The number of nitrogens with zero attached hydrogens (tertiary/aromatic N) is 1. The van der Waals surface area contributed by atoms with Gasteiger partial charge in [0.1, 0.15) is 11.8 Å². The number of benzene rings is 2. The van der Waals surface area contributed by atoms with Crippen molar-refractivity contribution in [3.63, 3.8) is 0 Å². The van der Waals surface area contributed by atoms with Gasteiger partial charge in [-0.05, 0) is 41.4 Å². The molecule has 0 amide bonds. The molecule has 4 heteroatoms. The molecule has 0 heterocycles. The predicted octanol–water partition coefficient (Wildman–Crippen LogP) is 5.68. The molecule has 0 bridgehead atoms. The van der Waals surface area contributed by atoms with Crippen molar-refractivity contribution in [2.24, 2.45) is 0 Å². The van der Waals surface area contributed by atoms with Gasteiger partial charge in [0.05, 0.1) is 18.8 Å². The Morgan fingerprint density at radius 1 is 1.00 bits per heavy atom. The molecule has 0 aliphatic rings. The highest BCUT2D eigenvalue weighted by atomic mass is 28.4. The minimum Gasteiger partial charge on any atom is -0.495 e. The van der Waals surface area contributed by atoms with Crippen LogP contribution in [0.25, 0.3) is 0 Å². The second-order valence-corrected chi connectivity index (χ2v) is 12.5. The first kappa shape index (κ1) is 19.2. The molecule has 1 atom stereocenters. The molecule has 2 aromatic rings. The summed E-state index contributed by atoms with van der Waals surface area (Å²) in [5.74, 6) is 0.583. The Bertz CT molecular complexity index is 758. The van der Waals surface area contributed by atoms with Crippen LogP contribution < -0.4 is 4.74 Å². The SMILES string of the molecule is COc1cc(C(O[Si](C)(C)C(C)(C)C)c2ccccc2)ccc1C#N. The molecule has 0 aromatic heterocycles. The molecule has 2 rings (SSSR count). The van der Waals surface area contributed by atoms with Gasteiger partial charge >= 0.3 is 0 Å². The fraction of sp³-hybridized carbons (Fsp3) is 0.381. The molecule has 1 unspecified atom stereocenters. The summed E-state index contributed by atoms with van der Waals surface area (Å²) < 4.78 is 12.1. The van der Waals surface area contributed by atoms with E-state index in [1.54, 1.807) is 13.2 Å². The minimum absolute atomic E-state index is 0.108. The summed E-state index contributed by atoms with van der Waals surface area (Å²) in [6.07, 6.45) is -0.177. The standard InChI is InChI=1S/C21H27NO2Si/c1-21(2,3)25(5,6)24-20(16-10-8-7-9-11-16)17-12-13-18(15-22)19(14-17)23-4/h7-14,20H,1-6H3. The summed E-state index contributed by atoms with van der Waals surface area (Å²) in [5.41, 5.74) is 2.65. The summed E-state index contributed by atoms with van der Waals surface area (Å²) in [6.45, 7) is 11.2. The highest BCUT2D eigenvalue weighted by Crippen LogP contribution is 2.42. The minimum atomic E-state index is -1.99. The summed E-state index contributed by atoms with van der Waals surface area (Å²) in [4.78, 5) is 0. The molecule has 0 spiro atoms. The van der Waals surface area contributed by atoms with E-state index in [2.05, 4.69) is 52.1 Å². The maximum Gasteiger partial charge on any atom is 0.193 e. The average Bonchev–Trinajstić information content (AvgIpc) is 2.59. The second-order valence-electron chi connectivity index (χ2n) is 7.74. The van der Waals surface area contributed by atoms with Crippen molar-refractivity contribution in [1.29, 1.82) is 5.26 Å². The number of methoxy groups -OCH3 is 1. The first-order chi connectivity index (χ1) is 11.7. The molecule has 0 radical (unpaired) electrons. The monoisotopic (exact) mass is 353 g/mol. The van der Waals surface area contributed by atoms with E-state index in [-0.39, 0.29) is 11.1 Å². The number of ether oxygens (including phenoxy) is 1. The van der Waals surface area contributed by atoms with Gasteiger partial charge in [-0.25, -0.2) is 0 Å². The third-order valence-electron chi connectivity index (χ3n) is 4.97. The Balaban J connectivity index is 2.52. The molecule has 0 N–H and O–H groups in total. The first-order valence-electron chi connectivity index (χ1n) is 8.50. The van der Waals surface area contributed by atoms with Crippen LogP contribution in [0.1, 0.15) is 43.6 Å². The van der Waals surface area contributed by atoms with Crippen molar-refractivity contribution in [2.75, 3.05) is 7.11 Å². The summed E-state index contributed by atoms with van der Waals surface area (Å²) in [6, 6.07) is 18.1. The van der Waals surface area contributed by atoms with E-state index < -0.39 is 8.32 Å². The normalized spacial score (nSPS) is 13.2. The van der Waals surface area contributed by atoms with Gasteiger partial charge in [-0.2, -0.15) is 5.26 Å². The number of hydrogen-bond acceptors (Lipinski definition) is 3. The van der Waals surface area contributed by atoms with E-state index in [0.717, 1.165) is 11.1 Å². The van der Waals surface area contributed by atoms with Gasteiger partial charge in [-0.1, -0.05) is 57.2 Å². The van der Waals surface area contributed by atoms with Crippen LogP contribution in [0.3, 0.4) is 0 Å². The van der Waals surface area contributed by atoms with Crippen molar-refractivity contribution in [1.82, 2.24) is 0 Å². The van der Waals surface area contributed by atoms with E-state index in [4.69, 9.17) is 9.16 Å². The van der Waals surface area contributed by atoms with Gasteiger partial charge in [-0.15, -0.1) is 0 Å². The average molecular weight is 354 g/mol. The number of rotatable bonds is 5. The zero-order valence-corrected chi connectivity index (χ0v) is 17.0. The van der Waals surface area contributed by atoms with Crippen LogP contribution in [-0.4, -0.2) is 15.4 Å². The molecule has 25 heavy (non-hydrogen) atoms. The Labute approximate surface area is 152 Å². The molecule has 0 saturated carbocycles. The van der Waals surface area contributed by atoms with Crippen LogP contribution in [-0.2, 0) is 4.43 Å². The van der Waals surface area contributed by atoms with E-state index in [1.807, 2.05) is 30.3 Å². The zero-order valence-electron chi connectivity index (χ0n) is 16.0. The molecular formula is C21H27NO2Si. The first-order valence-corrected chi connectivity index (χ1v) is 11.4. The fourth-order valence-corrected chi connectivity index (χ4v) is 3.61. The molecule has 0 saturated heterocycles. The number of nitriles is 1. The lowest BCUT2D eigenvalue weighted by Gasteiger charge is -2.39. The second kappa shape index (κ2) is 7.43. The largest absolute Gasteiger partial charge is 0.495 e. The maximum atomic E-state index is 9.23. The molecule has 0 aliphatic carbocycles. The third kappa shape index (κ3) is 4.30. The summed E-state index contributed by atoms with van der Waals surface area (Å²) in [7, 11) is -0.399. The van der Waals surface area contributed by atoms with Crippen molar-refractivity contribution < 1.29 is 9.16 Å². The zero-order chi connectivity index (χ0) is 18.7. The molecule has 0 fully saturated rings. The van der Waals surface area contributed by atoms with E-state index in [1.165, 1.54) is 0 Å². The summed E-state index contributed by atoms with van der Waals surface area (Å²) >= 11 is 0. The Morgan fingerprint density at radius 3 is 2.16 bits per heavy atom. The Kier molecular flexibility index (Phi) is 5.71.